The number of halogens is 2. The summed E-state index contributed by atoms with van der Waals surface area (Å²) >= 11 is 7.84. The Hall–Kier alpha value is -0.0100. The van der Waals surface area contributed by atoms with Crippen molar-refractivity contribution in [3.63, 3.8) is 0 Å². The third kappa shape index (κ3) is 2.76. The highest BCUT2D eigenvalue weighted by atomic mass is 127. The van der Waals surface area contributed by atoms with Crippen molar-refractivity contribution in [2.75, 3.05) is 4.72 Å². The van der Waals surface area contributed by atoms with Crippen LogP contribution < -0.4 is 4.72 Å². The van der Waals surface area contributed by atoms with Crippen molar-refractivity contribution >= 4 is 49.9 Å². The first kappa shape index (κ1) is 11.5. The van der Waals surface area contributed by atoms with Gasteiger partial charge in [-0.15, -0.1) is 0 Å². The highest BCUT2D eigenvalue weighted by Crippen LogP contribution is 2.31. The molecule has 82 valence electrons. The zero-order valence-electron chi connectivity index (χ0n) is 7.70. The predicted octanol–water partition coefficient (Wildman–Crippen LogP) is 2.85. The van der Waals surface area contributed by atoms with Gasteiger partial charge in [-0.1, -0.05) is 11.6 Å². The molecular formula is C9H9ClINO2S. The fourth-order valence-corrected chi connectivity index (χ4v) is 3.78. The highest BCUT2D eigenvalue weighted by Gasteiger charge is 2.35. The van der Waals surface area contributed by atoms with E-state index in [4.69, 9.17) is 11.6 Å². The lowest BCUT2D eigenvalue weighted by molar-refractivity contribution is 0.600. The van der Waals surface area contributed by atoms with E-state index in [0.29, 0.717) is 10.7 Å². The van der Waals surface area contributed by atoms with E-state index in [0.717, 1.165) is 16.4 Å². The van der Waals surface area contributed by atoms with E-state index in [2.05, 4.69) is 27.3 Å². The Morgan fingerprint density at radius 2 is 2.07 bits per heavy atom. The average Bonchev–Trinajstić information content (AvgIpc) is 2.92. The van der Waals surface area contributed by atoms with E-state index in [9.17, 15) is 8.42 Å². The van der Waals surface area contributed by atoms with Gasteiger partial charge in [-0.2, -0.15) is 0 Å². The van der Waals surface area contributed by atoms with Crippen LogP contribution in [0.2, 0.25) is 5.02 Å². The van der Waals surface area contributed by atoms with Crippen LogP contribution in [0.15, 0.2) is 18.2 Å². The summed E-state index contributed by atoms with van der Waals surface area (Å²) in [6.07, 6.45) is 1.53. The first-order valence-corrected chi connectivity index (χ1v) is 7.46. The van der Waals surface area contributed by atoms with Crippen molar-refractivity contribution in [2.24, 2.45) is 0 Å². The molecule has 0 radical (unpaired) electrons. The van der Waals surface area contributed by atoms with Crippen LogP contribution in [-0.4, -0.2) is 13.7 Å². The Bertz CT molecular complexity index is 485. The molecule has 3 nitrogen and oxygen atoms in total. The zero-order chi connectivity index (χ0) is 11.1. The van der Waals surface area contributed by atoms with Gasteiger partial charge in [0.2, 0.25) is 10.0 Å². The van der Waals surface area contributed by atoms with Crippen molar-refractivity contribution in [3.8, 4) is 0 Å². The standard InChI is InChI=1S/C9H9ClINO2S/c10-6-1-4-9(8(11)5-6)12-15(13,14)7-2-3-7/h1,4-5,7,12H,2-3H2. The summed E-state index contributed by atoms with van der Waals surface area (Å²) in [5.41, 5.74) is 0.604. The van der Waals surface area contributed by atoms with E-state index in [1.807, 2.05) is 0 Å². The molecule has 1 aromatic rings. The Kier molecular flexibility index (Phi) is 3.14. The molecule has 1 aromatic carbocycles. The van der Waals surface area contributed by atoms with Gasteiger partial charge in [0.05, 0.1) is 10.9 Å². The molecular weight excluding hydrogens is 349 g/mol. The molecule has 1 aliphatic carbocycles. The molecule has 0 unspecified atom stereocenters. The molecule has 0 saturated heterocycles. The van der Waals surface area contributed by atoms with Crippen LogP contribution in [0.4, 0.5) is 5.69 Å². The zero-order valence-corrected chi connectivity index (χ0v) is 11.4. The Morgan fingerprint density at radius 1 is 1.40 bits per heavy atom. The molecule has 0 heterocycles. The van der Waals surface area contributed by atoms with Gasteiger partial charge in [-0.25, -0.2) is 8.42 Å². The number of sulfonamides is 1. The molecule has 0 bridgehead atoms. The summed E-state index contributed by atoms with van der Waals surface area (Å²) in [5, 5.41) is 0.401. The Balaban J connectivity index is 2.24. The van der Waals surface area contributed by atoms with Gasteiger partial charge < -0.3 is 0 Å². The van der Waals surface area contributed by atoms with Crippen LogP contribution in [-0.2, 0) is 10.0 Å². The first-order valence-electron chi connectivity index (χ1n) is 4.46. The number of benzene rings is 1. The van der Waals surface area contributed by atoms with Crippen LogP contribution in [0.25, 0.3) is 0 Å². The molecule has 1 saturated carbocycles. The van der Waals surface area contributed by atoms with Crippen molar-refractivity contribution in [2.45, 2.75) is 18.1 Å². The summed E-state index contributed by atoms with van der Waals surface area (Å²) < 4.78 is 26.7. The number of hydrogen-bond donors (Lipinski definition) is 1. The van der Waals surface area contributed by atoms with Crippen LogP contribution in [0.1, 0.15) is 12.8 Å². The van der Waals surface area contributed by atoms with Crippen LogP contribution in [0.3, 0.4) is 0 Å². The summed E-state index contributed by atoms with van der Waals surface area (Å²) in [4.78, 5) is 0. The molecule has 1 aliphatic rings. The minimum Gasteiger partial charge on any atom is -0.282 e. The van der Waals surface area contributed by atoms with Gasteiger partial charge in [-0.05, 0) is 53.6 Å². The fourth-order valence-electron chi connectivity index (χ4n) is 1.19. The lowest BCUT2D eigenvalue weighted by atomic mass is 10.3. The van der Waals surface area contributed by atoms with Crippen LogP contribution in [0, 0.1) is 3.57 Å². The molecule has 1 N–H and O–H groups in total. The fraction of sp³-hybridized carbons (Fsp3) is 0.333. The normalized spacial score (nSPS) is 16.4. The lowest BCUT2D eigenvalue weighted by Gasteiger charge is -2.08. The van der Waals surface area contributed by atoms with Crippen molar-refractivity contribution in [1.29, 1.82) is 0 Å². The van der Waals surface area contributed by atoms with Gasteiger partial charge in [-0.3, -0.25) is 4.72 Å². The maximum atomic E-state index is 11.7. The first-order chi connectivity index (χ1) is 6.99. The van der Waals surface area contributed by atoms with Crippen molar-refractivity contribution in [1.82, 2.24) is 0 Å². The average molecular weight is 358 g/mol. The second-order valence-corrected chi connectivity index (χ2v) is 7.03. The Morgan fingerprint density at radius 3 is 2.60 bits per heavy atom. The molecule has 15 heavy (non-hydrogen) atoms. The molecule has 0 aromatic heterocycles. The minimum atomic E-state index is -3.17. The van der Waals surface area contributed by atoms with E-state index >= 15 is 0 Å². The van der Waals surface area contributed by atoms with E-state index in [-0.39, 0.29) is 5.25 Å². The Labute approximate surface area is 107 Å². The van der Waals surface area contributed by atoms with E-state index < -0.39 is 10.0 Å². The molecule has 1 fully saturated rings. The number of hydrogen-bond acceptors (Lipinski definition) is 2. The minimum absolute atomic E-state index is 0.205. The number of anilines is 1. The summed E-state index contributed by atoms with van der Waals surface area (Å²) in [7, 11) is -3.17. The maximum Gasteiger partial charge on any atom is 0.235 e. The van der Waals surface area contributed by atoms with Gasteiger partial charge >= 0.3 is 0 Å². The SMILES string of the molecule is O=S(=O)(Nc1ccc(Cl)cc1I)C1CC1. The molecule has 2 rings (SSSR count). The summed E-state index contributed by atoms with van der Waals surface area (Å²) in [6, 6.07) is 5.09. The van der Waals surface area contributed by atoms with Crippen molar-refractivity contribution < 1.29 is 8.42 Å². The van der Waals surface area contributed by atoms with Gasteiger partial charge in [0, 0.05) is 8.59 Å². The quantitative estimate of drug-likeness (QED) is 0.846. The third-order valence-corrected chi connectivity index (χ3v) is 5.13. The summed E-state index contributed by atoms with van der Waals surface area (Å²) in [6.45, 7) is 0. The molecule has 6 heteroatoms. The van der Waals surface area contributed by atoms with E-state index in [1.165, 1.54) is 0 Å². The smallest absolute Gasteiger partial charge is 0.235 e. The van der Waals surface area contributed by atoms with Gasteiger partial charge in [0.15, 0.2) is 0 Å². The number of nitrogens with one attached hydrogen (secondary N) is 1. The predicted molar refractivity (Wildman–Crippen MR) is 69.7 cm³/mol. The second kappa shape index (κ2) is 4.10. The molecule has 0 atom stereocenters. The highest BCUT2D eigenvalue weighted by molar-refractivity contribution is 14.1. The topological polar surface area (TPSA) is 46.2 Å². The van der Waals surface area contributed by atoms with Crippen LogP contribution in [0.5, 0.6) is 0 Å². The maximum absolute atomic E-state index is 11.7. The summed E-state index contributed by atoms with van der Waals surface area (Å²) in [5.74, 6) is 0. The molecule has 0 spiro atoms. The van der Waals surface area contributed by atoms with E-state index in [1.54, 1.807) is 18.2 Å². The lowest BCUT2D eigenvalue weighted by Crippen LogP contribution is -2.17. The largest absolute Gasteiger partial charge is 0.282 e. The van der Waals surface area contributed by atoms with Crippen LogP contribution >= 0.6 is 34.2 Å². The molecule has 0 aliphatic heterocycles. The number of rotatable bonds is 3. The monoisotopic (exact) mass is 357 g/mol. The van der Waals surface area contributed by atoms with Gasteiger partial charge in [0.1, 0.15) is 0 Å². The van der Waals surface area contributed by atoms with Gasteiger partial charge in [0.25, 0.3) is 0 Å². The second-order valence-electron chi connectivity index (χ2n) is 3.47. The van der Waals surface area contributed by atoms with Crippen molar-refractivity contribution in [3.05, 3.63) is 26.8 Å². The third-order valence-electron chi connectivity index (χ3n) is 2.15. The molecule has 0 amide bonds.